The summed E-state index contributed by atoms with van der Waals surface area (Å²) >= 11 is 0. The number of benzene rings is 3. The molecule has 3 aromatic carbocycles. The van der Waals surface area contributed by atoms with Gasteiger partial charge in [0.1, 0.15) is 28.8 Å². The number of hydrogen-bond acceptors (Lipinski definition) is 5. The van der Waals surface area contributed by atoms with Gasteiger partial charge in [-0.05, 0) is 60.0 Å². The van der Waals surface area contributed by atoms with Crippen LogP contribution in [-0.4, -0.2) is 46.9 Å². The zero-order chi connectivity index (χ0) is 25.4. The Morgan fingerprint density at radius 3 is 2.42 bits per heavy atom. The molecule has 1 aliphatic heterocycles. The highest BCUT2D eigenvalue weighted by Crippen LogP contribution is 2.44. The lowest BCUT2D eigenvalue weighted by Crippen LogP contribution is -2.31. The van der Waals surface area contributed by atoms with Gasteiger partial charge in [0.2, 0.25) is 0 Å². The van der Waals surface area contributed by atoms with Crippen molar-refractivity contribution in [3.8, 4) is 28.5 Å². The molecule has 7 nitrogen and oxygen atoms in total. The van der Waals surface area contributed by atoms with Crippen molar-refractivity contribution in [1.29, 1.82) is 0 Å². The predicted octanol–water partition coefficient (Wildman–Crippen LogP) is 4.87. The van der Waals surface area contributed by atoms with Gasteiger partial charge in [-0.3, -0.25) is 9.89 Å². The van der Waals surface area contributed by atoms with Crippen LogP contribution >= 0.6 is 0 Å². The highest BCUT2D eigenvalue weighted by molar-refractivity contribution is 6.00. The summed E-state index contributed by atoms with van der Waals surface area (Å²) in [6.45, 7) is 0.327. The highest BCUT2D eigenvalue weighted by Gasteiger charge is 2.42. The molecule has 9 heteroatoms. The third-order valence-corrected chi connectivity index (χ3v) is 6.35. The van der Waals surface area contributed by atoms with Crippen LogP contribution in [0.15, 0.2) is 60.7 Å². The number of halogens is 2. The smallest absolute Gasteiger partial charge is 0.273 e. The Hall–Kier alpha value is -4.40. The number of fused-ring (bicyclic) bond motifs is 1. The molecular formula is C27H23F2N3O4. The van der Waals surface area contributed by atoms with E-state index in [4.69, 9.17) is 9.47 Å². The van der Waals surface area contributed by atoms with Gasteiger partial charge in [0.05, 0.1) is 20.3 Å². The minimum Gasteiger partial charge on any atom is -0.507 e. The Morgan fingerprint density at radius 1 is 0.972 bits per heavy atom. The number of hydrogen-bond donors (Lipinski definition) is 2. The van der Waals surface area contributed by atoms with Crippen LogP contribution in [0.4, 0.5) is 8.78 Å². The van der Waals surface area contributed by atoms with E-state index in [2.05, 4.69) is 10.2 Å². The number of ether oxygens (including phenoxy) is 2. The number of nitrogens with one attached hydrogen (secondary N) is 1. The lowest BCUT2D eigenvalue weighted by Gasteiger charge is -2.26. The van der Waals surface area contributed by atoms with Crippen LogP contribution in [0.25, 0.3) is 11.3 Å². The number of methoxy groups -OCH3 is 2. The Morgan fingerprint density at radius 2 is 1.69 bits per heavy atom. The second-order valence-corrected chi connectivity index (χ2v) is 8.41. The van der Waals surface area contributed by atoms with Gasteiger partial charge in [-0.1, -0.05) is 18.2 Å². The number of carbonyl (C=O) groups excluding carboxylic acids is 1. The number of aromatic hydroxyl groups is 1. The molecule has 1 aliphatic rings. The first-order valence-corrected chi connectivity index (χ1v) is 11.3. The molecule has 0 bridgehead atoms. The molecule has 5 rings (SSSR count). The molecule has 0 saturated heterocycles. The number of phenols is 1. The lowest BCUT2D eigenvalue weighted by atomic mass is 9.95. The van der Waals surface area contributed by atoms with E-state index in [0.29, 0.717) is 35.6 Å². The topological polar surface area (TPSA) is 87.7 Å². The zero-order valence-corrected chi connectivity index (χ0v) is 19.6. The van der Waals surface area contributed by atoms with Crippen LogP contribution in [0.2, 0.25) is 0 Å². The van der Waals surface area contributed by atoms with E-state index in [-0.39, 0.29) is 28.6 Å². The molecule has 1 unspecified atom stereocenters. The summed E-state index contributed by atoms with van der Waals surface area (Å²) in [5.74, 6) is -0.239. The quantitative estimate of drug-likeness (QED) is 0.385. The number of carbonyl (C=O) groups is 1. The van der Waals surface area contributed by atoms with Crippen molar-refractivity contribution < 1.29 is 28.2 Å². The fourth-order valence-electron chi connectivity index (χ4n) is 4.61. The summed E-state index contributed by atoms with van der Waals surface area (Å²) in [6, 6.07) is 14.3. The largest absolute Gasteiger partial charge is 0.507 e. The normalized spacial score (nSPS) is 14.7. The fraction of sp³-hybridized carbons (Fsp3) is 0.185. The average Bonchev–Trinajstić information content (AvgIpc) is 3.43. The Labute approximate surface area is 205 Å². The number of amides is 1. The van der Waals surface area contributed by atoms with Crippen molar-refractivity contribution >= 4 is 5.91 Å². The van der Waals surface area contributed by atoms with E-state index in [1.807, 2.05) is 12.1 Å². The van der Waals surface area contributed by atoms with Gasteiger partial charge in [0.15, 0.2) is 11.5 Å². The van der Waals surface area contributed by atoms with Gasteiger partial charge >= 0.3 is 0 Å². The SMILES string of the molecule is COc1ccc(CCN2C(=O)c3[nH]nc(-c4cc(F)ccc4O)c3C2c2ccc(F)cc2)cc1OC. The van der Waals surface area contributed by atoms with Gasteiger partial charge < -0.3 is 19.5 Å². The molecule has 36 heavy (non-hydrogen) atoms. The average molecular weight is 491 g/mol. The molecule has 1 atom stereocenters. The number of aromatic nitrogens is 2. The molecule has 0 radical (unpaired) electrons. The van der Waals surface area contributed by atoms with Gasteiger partial charge in [-0.15, -0.1) is 0 Å². The number of aromatic amines is 1. The lowest BCUT2D eigenvalue weighted by molar-refractivity contribution is 0.0746. The van der Waals surface area contributed by atoms with Crippen molar-refractivity contribution in [1.82, 2.24) is 15.1 Å². The first kappa shape index (κ1) is 23.3. The van der Waals surface area contributed by atoms with Crippen LogP contribution in [-0.2, 0) is 6.42 Å². The molecule has 0 saturated carbocycles. The van der Waals surface area contributed by atoms with Crippen LogP contribution in [0.1, 0.15) is 33.2 Å². The second kappa shape index (κ2) is 9.33. The summed E-state index contributed by atoms with van der Waals surface area (Å²) in [5, 5.41) is 17.4. The fourth-order valence-corrected chi connectivity index (χ4v) is 4.61. The highest BCUT2D eigenvalue weighted by atomic mass is 19.1. The van der Waals surface area contributed by atoms with Crippen molar-refractivity contribution in [3.05, 3.63) is 94.7 Å². The van der Waals surface area contributed by atoms with Gasteiger partial charge in [-0.25, -0.2) is 8.78 Å². The van der Waals surface area contributed by atoms with Crippen molar-refractivity contribution in [2.45, 2.75) is 12.5 Å². The third-order valence-electron chi connectivity index (χ3n) is 6.35. The minimum atomic E-state index is -0.621. The maximum Gasteiger partial charge on any atom is 0.273 e. The first-order chi connectivity index (χ1) is 17.4. The van der Waals surface area contributed by atoms with E-state index >= 15 is 0 Å². The number of rotatable bonds is 7. The Bertz CT molecular complexity index is 1440. The molecule has 1 aromatic heterocycles. The molecule has 2 N–H and O–H groups in total. The van der Waals surface area contributed by atoms with Crippen molar-refractivity contribution in [3.63, 3.8) is 0 Å². The molecule has 1 amide bonds. The van der Waals surface area contributed by atoms with Gasteiger partial charge in [0, 0.05) is 17.7 Å². The summed E-state index contributed by atoms with van der Waals surface area (Å²) < 4.78 is 38.5. The van der Waals surface area contributed by atoms with Crippen LogP contribution < -0.4 is 9.47 Å². The molecular weight excluding hydrogens is 468 g/mol. The van der Waals surface area contributed by atoms with E-state index in [9.17, 15) is 18.7 Å². The molecule has 4 aromatic rings. The summed E-state index contributed by atoms with van der Waals surface area (Å²) in [7, 11) is 3.11. The molecule has 2 heterocycles. The van der Waals surface area contributed by atoms with Crippen molar-refractivity contribution in [2.75, 3.05) is 20.8 Å². The standard InChI is InChI=1S/C27H23F2N3O4/c1-35-21-10-3-15(13-22(21)36-2)11-12-32-26(16-4-6-17(28)7-5-16)23-24(30-31-25(23)27(32)34)19-14-18(29)8-9-20(19)33/h3-10,13-14,26,33H,11-12H2,1-2H3,(H,30,31). The summed E-state index contributed by atoms with van der Waals surface area (Å²) in [5.41, 5.74) is 2.76. The van der Waals surface area contributed by atoms with E-state index < -0.39 is 17.7 Å². The minimum absolute atomic E-state index is 0.161. The Kier molecular flexibility index (Phi) is 6.05. The second-order valence-electron chi connectivity index (χ2n) is 8.41. The van der Waals surface area contributed by atoms with Crippen LogP contribution in [0, 0.1) is 11.6 Å². The van der Waals surface area contributed by atoms with E-state index in [1.165, 1.54) is 24.3 Å². The maximum absolute atomic E-state index is 14.0. The molecule has 0 aliphatic carbocycles. The Balaban J connectivity index is 1.55. The monoisotopic (exact) mass is 491 g/mol. The molecule has 184 valence electrons. The van der Waals surface area contributed by atoms with Crippen LogP contribution in [0.3, 0.4) is 0 Å². The maximum atomic E-state index is 14.0. The zero-order valence-electron chi connectivity index (χ0n) is 19.6. The number of nitrogens with zero attached hydrogens (tertiary/aromatic N) is 2. The first-order valence-electron chi connectivity index (χ1n) is 11.3. The summed E-state index contributed by atoms with van der Waals surface area (Å²) in [6.07, 6.45) is 0.502. The van der Waals surface area contributed by atoms with Gasteiger partial charge in [0.25, 0.3) is 5.91 Å². The van der Waals surface area contributed by atoms with Gasteiger partial charge in [-0.2, -0.15) is 5.10 Å². The van der Waals surface area contributed by atoms with Crippen LogP contribution in [0.5, 0.6) is 17.2 Å². The number of phenolic OH excluding ortho intramolecular Hbond substituents is 1. The third kappa shape index (κ3) is 4.02. The predicted molar refractivity (Wildman–Crippen MR) is 128 cm³/mol. The van der Waals surface area contributed by atoms with Crippen molar-refractivity contribution in [2.24, 2.45) is 0 Å². The number of H-pyrrole nitrogens is 1. The molecule has 0 fully saturated rings. The van der Waals surface area contributed by atoms with E-state index in [0.717, 1.165) is 11.6 Å². The molecule has 0 spiro atoms. The summed E-state index contributed by atoms with van der Waals surface area (Å²) in [4.78, 5) is 15.1. The van der Waals surface area contributed by atoms with E-state index in [1.54, 1.807) is 37.3 Å².